The van der Waals surface area contributed by atoms with Gasteiger partial charge in [0, 0.05) is 23.2 Å². The largest absolute Gasteiger partial charge is 0.349 e. The summed E-state index contributed by atoms with van der Waals surface area (Å²) in [4.78, 5) is 23.9. The van der Waals surface area contributed by atoms with Crippen LogP contribution >= 0.6 is 0 Å². The van der Waals surface area contributed by atoms with Crippen LogP contribution in [0.25, 0.3) is 0 Å². The third-order valence-electron chi connectivity index (χ3n) is 4.22. The topological polar surface area (TPSA) is 84.2 Å². The zero-order chi connectivity index (χ0) is 16.1. The van der Waals surface area contributed by atoms with E-state index in [1.807, 2.05) is 13.8 Å². The van der Waals surface area contributed by atoms with Crippen molar-refractivity contribution in [3.63, 3.8) is 0 Å². The highest BCUT2D eigenvalue weighted by molar-refractivity contribution is 5.96. The molecule has 0 aliphatic heterocycles. The van der Waals surface area contributed by atoms with Crippen LogP contribution in [0.3, 0.4) is 0 Å². The zero-order valence-corrected chi connectivity index (χ0v) is 13.3. The zero-order valence-electron chi connectivity index (χ0n) is 13.3. The first-order chi connectivity index (χ1) is 10.5. The molecule has 1 aliphatic carbocycles. The molecule has 2 amide bonds. The molecule has 120 valence electrons. The minimum Gasteiger partial charge on any atom is -0.349 e. The summed E-state index contributed by atoms with van der Waals surface area (Å²) in [5, 5.41) is 5.88. The Bertz CT molecular complexity index is 525. The van der Waals surface area contributed by atoms with E-state index in [0.29, 0.717) is 23.7 Å². The number of nitrogens with one attached hydrogen (secondary N) is 2. The van der Waals surface area contributed by atoms with Gasteiger partial charge in [0.2, 0.25) is 5.91 Å². The van der Waals surface area contributed by atoms with E-state index in [-0.39, 0.29) is 23.8 Å². The summed E-state index contributed by atoms with van der Waals surface area (Å²) >= 11 is 0. The number of carbonyl (C=O) groups excluding carboxylic acids is 2. The van der Waals surface area contributed by atoms with Crippen molar-refractivity contribution in [2.24, 2.45) is 17.6 Å². The highest BCUT2D eigenvalue weighted by Crippen LogP contribution is 2.25. The van der Waals surface area contributed by atoms with E-state index in [4.69, 9.17) is 5.73 Å². The van der Waals surface area contributed by atoms with Crippen LogP contribution in [0, 0.1) is 11.8 Å². The number of rotatable bonds is 5. The van der Waals surface area contributed by atoms with Crippen molar-refractivity contribution in [2.75, 3.05) is 11.9 Å². The summed E-state index contributed by atoms with van der Waals surface area (Å²) in [6.07, 6.45) is 3.20. The van der Waals surface area contributed by atoms with Gasteiger partial charge in [-0.25, -0.2) is 0 Å². The van der Waals surface area contributed by atoms with Crippen molar-refractivity contribution in [3.05, 3.63) is 29.8 Å². The molecule has 1 saturated carbocycles. The van der Waals surface area contributed by atoms with E-state index in [1.54, 1.807) is 24.3 Å². The highest BCUT2D eigenvalue weighted by atomic mass is 16.2. The van der Waals surface area contributed by atoms with Gasteiger partial charge in [-0.3, -0.25) is 9.59 Å². The van der Waals surface area contributed by atoms with E-state index in [1.165, 1.54) is 0 Å². The molecule has 0 radical (unpaired) electrons. The second kappa shape index (κ2) is 7.40. The molecule has 5 nitrogen and oxygen atoms in total. The smallest absolute Gasteiger partial charge is 0.251 e. The molecule has 0 aromatic heterocycles. The second-order valence-electron chi connectivity index (χ2n) is 6.23. The normalized spacial score (nSPS) is 20.9. The molecule has 2 unspecified atom stereocenters. The number of nitrogens with two attached hydrogens (primary N) is 1. The number of anilines is 1. The van der Waals surface area contributed by atoms with Gasteiger partial charge in [-0.2, -0.15) is 0 Å². The van der Waals surface area contributed by atoms with Crippen molar-refractivity contribution in [1.29, 1.82) is 0 Å². The van der Waals surface area contributed by atoms with Crippen molar-refractivity contribution < 1.29 is 9.59 Å². The van der Waals surface area contributed by atoms with Crippen molar-refractivity contribution in [2.45, 2.75) is 39.2 Å². The molecule has 1 aliphatic rings. The Labute approximate surface area is 131 Å². The molecular formula is C17H25N3O2. The summed E-state index contributed by atoms with van der Waals surface area (Å²) < 4.78 is 0. The first-order valence-corrected chi connectivity index (χ1v) is 7.93. The molecule has 1 aromatic carbocycles. The van der Waals surface area contributed by atoms with Gasteiger partial charge in [-0.05, 0) is 49.6 Å². The molecule has 0 bridgehead atoms. The fraction of sp³-hybridized carbons (Fsp3) is 0.529. The monoisotopic (exact) mass is 303 g/mol. The lowest BCUT2D eigenvalue weighted by atomic mass is 10.0. The number of amides is 2. The second-order valence-corrected chi connectivity index (χ2v) is 6.23. The third kappa shape index (κ3) is 4.07. The lowest BCUT2D eigenvalue weighted by Gasteiger charge is -2.19. The summed E-state index contributed by atoms with van der Waals surface area (Å²) in [6, 6.07) is 7.15. The molecular weight excluding hydrogens is 278 g/mol. The van der Waals surface area contributed by atoms with Gasteiger partial charge >= 0.3 is 0 Å². The number of hydrogen-bond acceptors (Lipinski definition) is 3. The molecule has 5 heteroatoms. The quantitative estimate of drug-likeness (QED) is 0.779. The maximum Gasteiger partial charge on any atom is 0.251 e. The molecule has 2 atom stereocenters. The number of hydrogen-bond donors (Lipinski definition) is 3. The van der Waals surface area contributed by atoms with Crippen LogP contribution in [0.1, 0.15) is 43.5 Å². The Hall–Kier alpha value is -1.88. The molecule has 1 aromatic rings. The Morgan fingerprint density at radius 1 is 1.23 bits per heavy atom. The Kier molecular flexibility index (Phi) is 5.55. The molecule has 22 heavy (non-hydrogen) atoms. The average Bonchev–Trinajstić information content (AvgIpc) is 2.95. The van der Waals surface area contributed by atoms with Crippen molar-refractivity contribution in [3.8, 4) is 0 Å². The van der Waals surface area contributed by atoms with Crippen LogP contribution in [-0.4, -0.2) is 24.4 Å². The maximum atomic E-state index is 12.3. The SMILES string of the molecule is CC(C)C(=O)Nc1ccc(C(=O)NC2CCCC2CN)cc1. The van der Waals surface area contributed by atoms with Crippen molar-refractivity contribution in [1.82, 2.24) is 5.32 Å². The number of benzene rings is 1. The van der Waals surface area contributed by atoms with E-state index < -0.39 is 0 Å². The van der Waals surface area contributed by atoms with E-state index in [0.717, 1.165) is 19.3 Å². The summed E-state index contributed by atoms with van der Waals surface area (Å²) in [7, 11) is 0. The van der Waals surface area contributed by atoms with Crippen LogP contribution in [-0.2, 0) is 4.79 Å². The van der Waals surface area contributed by atoms with Crippen LogP contribution in [0.15, 0.2) is 24.3 Å². The minimum absolute atomic E-state index is 0.0334. The fourth-order valence-corrected chi connectivity index (χ4v) is 2.75. The molecule has 0 heterocycles. The lowest BCUT2D eigenvalue weighted by Crippen LogP contribution is -2.39. The van der Waals surface area contributed by atoms with Gasteiger partial charge in [-0.15, -0.1) is 0 Å². The molecule has 0 saturated heterocycles. The molecule has 0 spiro atoms. The predicted molar refractivity (Wildman–Crippen MR) is 87.6 cm³/mol. The van der Waals surface area contributed by atoms with Gasteiger partial charge < -0.3 is 16.4 Å². The summed E-state index contributed by atoms with van der Waals surface area (Å²) in [6.45, 7) is 4.30. The summed E-state index contributed by atoms with van der Waals surface area (Å²) in [5.41, 5.74) is 7.04. The molecule has 2 rings (SSSR count). The lowest BCUT2D eigenvalue weighted by molar-refractivity contribution is -0.118. The fourth-order valence-electron chi connectivity index (χ4n) is 2.75. The van der Waals surface area contributed by atoms with Crippen LogP contribution in [0.2, 0.25) is 0 Å². The average molecular weight is 303 g/mol. The Morgan fingerprint density at radius 3 is 2.50 bits per heavy atom. The molecule has 4 N–H and O–H groups in total. The van der Waals surface area contributed by atoms with E-state index in [2.05, 4.69) is 10.6 Å². The van der Waals surface area contributed by atoms with Gasteiger partial charge in [0.1, 0.15) is 0 Å². The third-order valence-corrected chi connectivity index (χ3v) is 4.22. The van der Waals surface area contributed by atoms with Gasteiger partial charge in [0.25, 0.3) is 5.91 Å². The standard InChI is InChI=1S/C17H25N3O2/c1-11(2)16(21)19-14-8-6-12(7-9-14)17(22)20-15-5-3-4-13(15)10-18/h6-9,11,13,15H,3-5,10,18H2,1-2H3,(H,19,21)(H,20,22). The maximum absolute atomic E-state index is 12.3. The van der Waals surface area contributed by atoms with Gasteiger partial charge in [-0.1, -0.05) is 20.3 Å². The Morgan fingerprint density at radius 2 is 1.91 bits per heavy atom. The van der Waals surface area contributed by atoms with Gasteiger partial charge in [0.05, 0.1) is 0 Å². The predicted octanol–water partition coefficient (Wildman–Crippen LogP) is 2.14. The minimum atomic E-state index is -0.0768. The molecule has 1 fully saturated rings. The first-order valence-electron chi connectivity index (χ1n) is 7.93. The van der Waals surface area contributed by atoms with Crippen molar-refractivity contribution >= 4 is 17.5 Å². The van der Waals surface area contributed by atoms with Crippen LogP contribution < -0.4 is 16.4 Å². The summed E-state index contributed by atoms with van der Waals surface area (Å²) in [5.74, 6) is 0.202. The highest BCUT2D eigenvalue weighted by Gasteiger charge is 2.27. The first kappa shape index (κ1) is 16.5. The van der Waals surface area contributed by atoms with E-state index in [9.17, 15) is 9.59 Å². The van der Waals surface area contributed by atoms with Gasteiger partial charge in [0.15, 0.2) is 0 Å². The van der Waals surface area contributed by atoms with Crippen LogP contribution in [0.5, 0.6) is 0 Å². The Balaban J connectivity index is 1.95. The van der Waals surface area contributed by atoms with Crippen LogP contribution in [0.4, 0.5) is 5.69 Å². The van der Waals surface area contributed by atoms with E-state index >= 15 is 0 Å². The number of carbonyl (C=O) groups is 2.